The van der Waals surface area contributed by atoms with Gasteiger partial charge in [0.2, 0.25) is 0 Å². The Bertz CT molecular complexity index is 613. The summed E-state index contributed by atoms with van der Waals surface area (Å²) in [5.41, 5.74) is 1.18. The molecule has 25 heavy (non-hydrogen) atoms. The predicted molar refractivity (Wildman–Crippen MR) is 95.8 cm³/mol. The zero-order valence-corrected chi connectivity index (χ0v) is 14.5. The van der Waals surface area contributed by atoms with Crippen LogP contribution in [0.5, 0.6) is 0 Å². The van der Waals surface area contributed by atoms with Gasteiger partial charge in [-0.15, -0.1) is 0 Å². The van der Waals surface area contributed by atoms with Crippen molar-refractivity contribution in [1.29, 1.82) is 0 Å². The van der Waals surface area contributed by atoms with Crippen LogP contribution < -0.4 is 0 Å². The third-order valence-electron chi connectivity index (χ3n) is 4.07. The fourth-order valence-corrected chi connectivity index (χ4v) is 2.79. The first-order valence-electron chi connectivity index (χ1n) is 8.83. The summed E-state index contributed by atoms with van der Waals surface area (Å²) in [4.78, 5) is 0. The number of hydrogen-bond donors (Lipinski definition) is 0. The summed E-state index contributed by atoms with van der Waals surface area (Å²) in [7, 11) is 0. The lowest BCUT2D eigenvalue weighted by Gasteiger charge is -2.19. The van der Waals surface area contributed by atoms with Gasteiger partial charge >= 0.3 is 0 Å². The van der Waals surface area contributed by atoms with Crippen LogP contribution in [0.1, 0.15) is 5.56 Å². The Balaban J connectivity index is 1.50. The molecule has 1 saturated heterocycles. The van der Waals surface area contributed by atoms with Crippen molar-refractivity contribution >= 4 is 10.8 Å². The number of ether oxygens (including phenoxy) is 5. The Morgan fingerprint density at radius 2 is 1.52 bits per heavy atom. The van der Waals surface area contributed by atoms with Gasteiger partial charge < -0.3 is 23.7 Å². The van der Waals surface area contributed by atoms with Crippen molar-refractivity contribution < 1.29 is 23.7 Å². The van der Waals surface area contributed by atoms with E-state index in [1.165, 1.54) is 16.3 Å². The van der Waals surface area contributed by atoms with Crippen molar-refractivity contribution in [2.24, 2.45) is 0 Å². The standard InChI is InChI=1S/C20H26O5/c1-2-7-20-17(4-1)5-3-6-18(20)14-24-16-19-15-23-11-10-21-8-9-22-12-13-25-19/h1-7,19H,8-16H2. The first-order valence-corrected chi connectivity index (χ1v) is 8.83. The van der Waals surface area contributed by atoms with Gasteiger partial charge in [-0.05, 0) is 16.3 Å². The number of hydrogen-bond acceptors (Lipinski definition) is 5. The molecule has 1 unspecified atom stereocenters. The highest BCUT2D eigenvalue weighted by Crippen LogP contribution is 2.19. The molecule has 0 saturated carbocycles. The molecule has 1 fully saturated rings. The second-order valence-corrected chi connectivity index (χ2v) is 5.95. The first kappa shape index (κ1) is 18.3. The molecule has 0 radical (unpaired) electrons. The highest BCUT2D eigenvalue weighted by Gasteiger charge is 2.11. The molecule has 1 aliphatic rings. The van der Waals surface area contributed by atoms with Crippen molar-refractivity contribution in [1.82, 2.24) is 0 Å². The van der Waals surface area contributed by atoms with E-state index in [9.17, 15) is 0 Å². The molecule has 0 bridgehead atoms. The number of rotatable bonds is 4. The van der Waals surface area contributed by atoms with E-state index in [1.54, 1.807) is 0 Å². The van der Waals surface area contributed by atoms with Crippen LogP contribution in [-0.4, -0.2) is 59.0 Å². The maximum absolute atomic E-state index is 5.91. The third-order valence-corrected chi connectivity index (χ3v) is 4.07. The highest BCUT2D eigenvalue weighted by atomic mass is 16.6. The van der Waals surface area contributed by atoms with Crippen LogP contribution in [0.4, 0.5) is 0 Å². The van der Waals surface area contributed by atoms with Gasteiger partial charge in [-0.25, -0.2) is 0 Å². The Kier molecular flexibility index (Phi) is 7.67. The van der Waals surface area contributed by atoms with E-state index in [0.717, 1.165) is 0 Å². The topological polar surface area (TPSA) is 46.2 Å². The van der Waals surface area contributed by atoms with Gasteiger partial charge in [0, 0.05) is 0 Å². The van der Waals surface area contributed by atoms with Gasteiger partial charge in [0.15, 0.2) is 0 Å². The predicted octanol–water partition coefficient (Wildman–Crippen LogP) is 2.81. The summed E-state index contributed by atoms with van der Waals surface area (Å²) in [5.74, 6) is 0. The smallest absolute Gasteiger partial charge is 0.104 e. The van der Waals surface area contributed by atoms with E-state index in [0.29, 0.717) is 59.5 Å². The Labute approximate surface area is 148 Å². The molecule has 136 valence electrons. The van der Waals surface area contributed by atoms with E-state index in [4.69, 9.17) is 23.7 Å². The molecule has 3 rings (SSSR count). The molecular weight excluding hydrogens is 320 g/mol. The molecule has 0 amide bonds. The molecule has 2 aromatic carbocycles. The van der Waals surface area contributed by atoms with Crippen LogP contribution >= 0.6 is 0 Å². The lowest BCUT2D eigenvalue weighted by molar-refractivity contribution is -0.0921. The fourth-order valence-electron chi connectivity index (χ4n) is 2.79. The van der Waals surface area contributed by atoms with E-state index < -0.39 is 0 Å². The van der Waals surface area contributed by atoms with Crippen molar-refractivity contribution in [3.8, 4) is 0 Å². The molecule has 0 aliphatic carbocycles. The molecule has 1 atom stereocenters. The van der Waals surface area contributed by atoms with E-state index in [2.05, 4.69) is 42.5 Å². The maximum Gasteiger partial charge on any atom is 0.104 e. The lowest BCUT2D eigenvalue weighted by atomic mass is 10.1. The molecular formula is C20H26O5. The van der Waals surface area contributed by atoms with Gasteiger partial charge in [-0.1, -0.05) is 42.5 Å². The second-order valence-electron chi connectivity index (χ2n) is 5.95. The number of benzene rings is 2. The largest absolute Gasteiger partial charge is 0.377 e. The molecule has 0 N–H and O–H groups in total. The second kappa shape index (κ2) is 10.5. The van der Waals surface area contributed by atoms with Crippen LogP contribution in [0.2, 0.25) is 0 Å². The summed E-state index contributed by atoms with van der Waals surface area (Å²) in [6.07, 6.45) is -0.0991. The lowest BCUT2D eigenvalue weighted by Crippen LogP contribution is -2.29. The molecule has 0 spiro atoms. The normalized spacial score (nSPS) is 20.7. The monoisotopic (exact) mass is 346 g/mol. The maximum atomic E-state index is 5.91. The minimum Gasteiger partial charge on any atom is -0.377 e. The van der Waals surface area contributed by atoms with Crippen LogP contribution in [0, 0.1) is 0 Å². The third kappa shape index (κ3) is 6.06. The summed E-state index contributed by atoms with van der Waals surface area (Å²) < 4.78 is 28.2. The van der Waals surface area contributed by atoms with E-state index >= 15 is 0 Å². The summed E-state index contributed by atoms with van der Waals surface area (Å²) in [6.45, 7) is 4.96. The molecule has 1 aliphatic heterocycles. The molecule has 5 nitrogen and oxygen atoms in total. The number of fused-ring (bicyclic) bond motifs is 1. The first-order chi connectivity index (χ1) is 12.4. The van der Waals surface area contributed by atoms with Gasteiger partial charge in [-0.3, -0.25) is 0 Å². The molecule has 2 aromatic rings. The quantitative estimate of drug-likeness (QED) is 0.852. The Hall–Kier alpha value is -1.50. The Morgan fingerprint density at radius 3 is 2.40 bits per heavy atom. The van der Waals surface area contributed by atoms with Crippen molar-refractivity contribution in [3.05, 3.63) is 48.0 Å². The molecule has 5 heteroatoms. The summed E-state index contributed by atoms with van der Waals surface area (Å²) in [5, 5.41) is 2.46. The SMILES string of the molecule is c1ccc2c(COCC3COCCOCCOCCO3)cccc2c1. The average Bonchev–Trinajstić information content (AvgIpc) is 2.64. The summed E-state index contributed by atoms with van der Waals surface area (Å²) >= 11 is 0. The van der Waals surface area contributed by atoms with Crippen LogP contribution in [0.15, 0.2) is 42.5 Å². The van der Waals surface area contributed by atoms with Crippen molar-refractivity contribution in [2.75, 3.05) is 52.9 Å². The zero-order valence-electron chi connectivity index (χ0n) is 14.5. The van der Waals surface area contributed by atoms with Gasteiger partial charge in [0.25, 0.3) is 0 Å². The molecule has 1 heterocycles. The van der Waals surface area contributed by atoms with Crippen molar-refractivity contribution in [2.45, 2.75) is 12.7 Å². The summed E-state index contributed by atoms with van der Waals surface area (Å²) in [6, 6.07) is 14.6. The fraction of sp³-hybridized carbons (Fsp3) is 0.500. The average molecular weight is 346 g/mol. The van der Waals surface area contributed by atoms with Gasteiger partial charge in [-0.2, -0.15) is 0 Å². The van der Waals surface area contributed by atoms with Crippen LogP contribution in [0.3, 0.4) is 0 Å². The molecule has 0 aromatic heterocycles. The van der Waals surface area contributed by atoms with Crippen molar-refractivity contribution in [3.63, 3.8) is 0 Å². The minimum atomic E-state index is -0.0991. The highest BCUT2D eigenvalue weighted by molar-refractivity contribution is 5.85. The van der Waals surface area contributed by atoms with E-state index in [-0.39, 0.29) is 6.10 Å². The van der Waals surface area contributed by atoms with E-state index in [1.807, 2.05) is 0 Å². The van der Waals surface area contributed by atoms with Crippen LogP contribution in [0.25, 0.3) is 10.8 Å². The zero-order chi connectivity index (χ0) is 17.2. The van der Waals surface area contributed by atoms with Crippen LogP contribution in [-0.2, 0) is 30.3 Å². The minimum absolute atomic E-state index is 0.0991. The van der Waals surface area contributed by atoms with Gasteiger partial charge in [0.1, 0.15) is 6.10 Å². The van der Waals surface area contributed by atoms with Gasteiger partial charge in [0.05, 0.1) is 59.5 Å². The Morgan fingerprint density at radius 1 is 0.800 bits per heavy atom.